The Hall–Kier alpha value is -1.27. The number of aliphatic hydroxyl groups is 1. The van der Waals surface area contributed by atoms with Crippen LogP contribution >= 0.6 is 0 Å². The number of rotatable bonds is 11. The average Bonchev–Trinajstić information content (AvgIpc) is 2.55. The predicted molar refractivity (Wildman–Crippen MR) is 93.7 cm³/mol. The summed E-state index contributed by atoms with van der Waals surface area (Å²) in [7, 11) is 0. The van der Waals surface area contributed by atoms with Crippen LogP contribution in [-0.4, -0.2) is 23.9 Å². The third-order valence-corrected chi connectivity index (χ3v) is 4.24. The fourth-order valence-electron chi connectivity index (χ4n) is 2.54. The maximum atomic E-state index is 13.3. The van der Waals surface area contributed by atoms with Gasteiger partial charge in [-0.3, -0.25) is 0 Å². The van der Waals surface area contributed by atoms with E-state index in [9.17, 15) is 18.3 Å². The SMILES string of the molecule is CCCCCCCOc1ccc(CCC(N)C(C)O)cc1C(F)(F)F. The van der Waals surface area contributed by atoms with Gasteiger partial charge in [0.1, 0.15) is 5.75 Å². The van der Waals surface area contributed by atoms with Gasteiger partial charge in [-0.25, -0.2) is 0 Å². The first kappa shape index (κ1) is 21.8. The van der Waals surface area contributed by atoms with Crippen LogP contribution in [0.1, 0.15) is 63.5 Å². The molecule has 1 rings (SSSR count). The molecule has 0 saturated carbocycles. The summed E-state index contributed by atoms with van der Waals surface area (Å²) in [5.41, 5.74) is 5.53. The van der Waals surface area contributed by atoms with Crippen molar-refractivity contribution in [3.05, 3.63) is 29.3 Å². The molecule has 1 aromatic rings. The van der Waals surface area contributed by atoms with Gasteiger partial charge in [-0.15, -0.1) is 0 Å². The van der Waals surface area contributed by atoms with Crippen molar-refractivity contribution < 1.29 is 23.0 Å². The number of unbranched alkanes of at least 4 members (excludes halogenated alkanes) is 4. The van der Waals surface area contributed by atoms with Crippen LogP contribution in [0.4, 0.5) is 13.2 Å². The molecule has 2 unspecified atom stereocenters. The van der Waals surface area contributed by atoms with E-state index in [1.165, 1.54) is 6.07 Å². The molecule has 0 fully saturated rings. The Labute approximate surface area is 148 Å². The fraction of sp³-hybridized carbons (Fsp3) is 0.684. The third kappa shape index (κ3) is 8.10. The van der Waals surface area contributed by atoms with Crippen molar-refractivity contribution in [3.63, 3.8) is 0 Å². The summed E-state index contributed by atoms with van der Waals surface area (Å²) in [6.07, 6.45) is 0.716. The first-order valence-corrected chi connectivity index (χ1v) is 9.02. The molecule has 0 aliphatic heterocycles. The Morgan fingerprint density at radius 1 is 1.16 bits per heavy atom. The van der Waals surface area contributed by atoms with E-state index < -0.39 is 23.9 Å². The minimum Gasteiger partial charge on any atom is -0.493 e. The number of hydrogen-bond acceptors (Lipinski definition) is 3. The summed E-state index contributed by atoms with van der Waals surface area (Å²) in [5.74, 6) is -0.119. The molecule has 0 aromatic heterocycles. The largest absolute Gasteiger partial charge is 0.493 e. The molecular weight excluding hydrogens is 331 g/mol. The van der Waals surface area contributed by atoms with Crippen molar-refractivity contribution in [2.75, 3.05) is 6.61 Å². The van der Waals surface area contributed by atoms with Crippen LogP contribution in [0.25, 0.3) is 0 Å². The van der Waals surface area contributed by atoms with Crippen LogP contribution in [0.3, 0.4) is 0 Å². The molecular formula is C19H30F3NO2. The van der Waals surface area contributed by atoms with E-state index in [0.717, 1.165) is 38.2 Å². The standard InChI is InChI=1S/C19H30F3NO2/c1-3-4-5-6-7-12-25-18-11-9-15(8-10-17(23)14(2)24)13-16(18)19(20,21)22/h9,11,13-14,17,24H,3-8,10,12,23H2,1-2H3. The van der Waals surface area contributed by atoms with Crippen LogP contribution in [0.2, 0.25) is 0 Å². The summed E-state index contributed by atoms with van der Waals surface area (Å²) < 4.78 is 45.2. The van der Waals surface area contributed by atoms with Gasteiger partial charge in [0.15, 0.2) is 0 Å². The van der Waals surface area contributed by atoms with Crippen LogP contribution in [0.5, 0.6) is 5.75 Å². The zero-order chi connectivity index (χ0) is 18.9. The lowest BCUT2D eigenvalue weighted by Crippen LogP contribution is -2.32. The normalized spacial score (nSPS) is 14.4. The molecule has 2 atom stereocenters. The first-order valence-electron chi connectivity index (χ1n) is 9.02. The molecule has 0 saturated heterocycles. The zero-order valence-electron chi connectivity index (χ0n) is 15.1. The van der Waals surface area contributed by atoms with Crippen molar-refractivity contribution >= 4 is 0 Å². The molecule has 3 nitrogen and oxygen atoms in total. The average molecular weight is 361 g/mol. The van der Waals surface area contributed by atoms with E-state index >= 15 is 0 Å². The second-order valence-corrected chi connectivity index (χ2v) is 6.53. The number of hydrogen-bond donors (Lipinski definition) is 2. The Balaban J connectivity index is 2.68. The van der Waals surface area contributed by atoms with Crippen LogP contribution in [-0.2, 0) is 12.6 Å². The predicted octanol–water partition coefficient (Wildman–Crippen LogP) is 4.70. The Morgan fingerprint density at radius 3 is 2.44 bits per heavy atom. The van der Waals surface area contributed by atoms with Crippen LogP contribution in [0.15, 0.2) is 18.2 Å². The summed E-state index contributed by atoms with van der Waals surface area (Å²) in [6, 6.07) is 3.70. The highest BCUT2D eigenvalue weighted by Gasteiger charge is 2.34. The smallest absolute Gasteiger partial charge is 0.419 e. The van der Waals surface area contributed by atoms with Crippen molar-refractivity contribution in [2.45, 2.75) is 77.1 Å². The quantitative estimate of drug-likeness (QED) is 0.562. The molecule has 0 bridgehead atoms. The first-order chi connectivity index (χ1) is 11.8. The Morgan fingerprint density at radius 2 is 1.84 bits per heavy atom. The summed E-state index contributed by atoms with van der Waals surface area (Å²) >= 11 is 0. The highest BCUT2D eigenvalue weighted by molar-refractivity contribution is 5.39. The third-order valence-electron chi connectivity index (χ3n) is 4.24. The molecule has 25 heavy (non-hydrogen) atoms. The lowest BCUT2D eigenvalue weighted by Gasteiger charge is -2.17. The maximum Gasteiger partial charge on any atom is 0.419 e. The van der Waals surface area contributed by atoms with Gasteiger partial charge in [0.2, 0.25) is 0 Å². The number of halogens is 3. The highest BCUT2D eigenvalue weighted by atomic mass is 19.4. The van der Waals surface area contributed by atoms with Gasteiger partial charge < -0.3 is 15.6 Å². The number of aliphatic hydroxyl groups excluding tert-OH is 1. The van der Waals surface area contributed by atoms with Gasteiger partial charge in [0.05, 0.1) is 18.3 Å². The molecule has 144 valence electrons. The lowest BCUT2D eigenvalue weighted by molar-refractivity contribution is -0.139. The maximum absolute atomic E-state index is 13.3. The molecule has 0 spiro atoms. The lowest BCUT2D eigenvalue weighted by atomic mass is 10.0. The van der Waals surface area contributed by atoms with Crippen molar-refractivity contribution in [1.82, 2.24) is 0 Å². The zero-order valence-corrected chi connectivity index (χ0v) is 15.1. The fourth-order valence-corrected chi connectivity index (χ4v) is 2.54. The highest BCUT2D eigenvalue weighted by Crippen LogP contribution is 2.37. The summed E-state index contributed by atoms with van der Waals surface area (Å²) in [5, 5.41) is 9.38. The minimum absolute atomic E-state index is 0.119. The van der Waals surface area contributed by atoms with Crippen molar-refractivity contribution in [1.29, 1.82) is 0 Å². The van der Waals surface area contributed by atoms with Gasteiger partial charge in [0, 0.05) is 6.04 Å². The molecule has 3 N–H and O–H groups in total. The minimum atomic E-state index is -4.46. The number of alkyl halides is 3. The van der Waals surface area contributed by atoms with E-state index in [4.69, 9.17) is 10.5 Å². The number of aryl methyl sites for hydroxylation is 1. The van der Waals surface area contributed by atoms with E-state index in [1.807, 2.05) is 0 Å². The molecule has 0 heterocycles. The van der Waals surface area contributed by atoms with E-state index in [0.29, 0.717) is 25.0 Å². The van der Waals surface area contributed by atoms with Gasteiger partial charge in [-0.1, -0.05) is 38.7 Å². The van der Waals surface area contributed by atoms with E-state index in [1.54, 1.807) is 13.0 Å². The molecule has 1 aromatic carbocycles. The van der Waals surface area contributed by atoms with Gasteiger partial charge in [-0.05, 0) is 43.9 Å². The molecule has 0 aliphatic carbocycles. The van der Waals surface area contributed by atoms with Crippen LogP contribution < -0.4 is 10.5 Å². The van der Waals surface area contributed by atoms with Crippen molar-refractivity contribution in [3.8, 4) is 5.75 Å². The van der Waals surface area contributed by atoms with Gasteiger partial charge in [-0.2, -0.15) is 13.2 Å². The summed E-state index contributed by atoms with van der Waals surface area (Å²) in [4.78, 5) is 0. The van der Waals surface area contributed by atoms with Gasteiger partial charge in [0.25, 0.3) is 0 Å². The molecule has 0 amide bonds. The number of nitrogens with two attached hydrogens (primary N) is 1. The van der Waals surface area contributed by atoms with Crippen molar-refractivity contribution in [2.24, 2.45) is 5.73 Å². The molecule has 0 aliphatic rings. The second kappa shape index (κ2) is 10.7. The summed E-state index contributed by atoms with van der Waals surface area (Å²) in [6.45, 7) is 3.98. The molecule has 0 radical (unpaired) electrons. The topological polar surface area (TPSA) is 55.5 Å². The van der Waals surface area contributed by atoms with E-state index in [2.05, 4.69) is 6.92 Å². The number of ether oxygens (including phenoxy) is 1. The Kier molecular flexibility index (Phi) is 9.28. The number of benzene rings is 1. The second-order valence-electron chi connectivity index (χ2n) is 6.53. The molecule has 6 heteroatoms. The van der Waals surface area contributed by atoms with Crippen LogP contribution in [0, 0.1) is 0 Å². The Bertz CT molecular complexity index is 504. The monoisotopic (exact) mass is 361 g/mol. The van der Waals surface area contributed by atoms with Gasteiger partial charge >= 0.3 is 6.18 Å². The van der Waals surface area contributed by atoms with E-state index in [-0.39, 0.29) is 5.75 Å².